The van der Waals surface area contributed by atoms with Crippen LogP contribution in [0.4, 0.5) is 4.79 Å². The lowest BCUT2D eigenvalue weighted by Crippen LogP contribution is -2.55. The van der Waals surface area contributed by atoms with Gasteiger partial charge < -0.3 is 20.3 Å². The topological polar surface area (TPSA) is 87.7 Å². The standard InChI is InChI=1S/C26H41N3O4S/c1-17-11-9-10-12-19(17)21(22(30)28-25(2,3)4)29(18-13-14-18)23(31)20(15-16-34-8)27-24(32)33-26(5,6)7/h9-12,18,20-21H,13-16H2,1-8H3,(H,27,32)(H,28,30). The Balaban J connectivity index is 2.45. The van der Waals surface area contributed by atoms with E-state index in [2.05, 4.69) is 10.6 Å². The van der Waals surface area contributed by atoms with Crippen LogP contribution in [0.5, 0.6) is 0 Å². The molecule has 7 nitrogen and oxygen atoms in total. The second-order valence-electron chi connectivity index (χ2n) is 11.0. The van der Waals surface area contributed by atoms with Gasteiger partial charge in [-0.1, -0.05) is 24.3 Å². The molecule has 2 atom stereocenters. The molecule has 0 spiro atoms. The van der Waals surface area contributed by atoms with Gasteiger partial charge in [-0.15, -0.1) is 0 Å². The van der Waals surface area contributed by atoms with Crippen LogP contribution in [0.3, 0.4) is 0 Å². The summed E-state index contributed by atoms with van der Waals surface area (Å²) < 4.78 is 5.42. The van der Waals surface area contributed by atoms with E-state index in [-0.39, 0.29) is 17.9 Å². The smallest absolute Gasteiger partial charge is 0.408 e. The Bertz CT molecular complexity index is 872. The zero-order valence-corrected chi connectivity index (χ0v) is 22.7. The van der Waals surface area contributed by atoms with Gasteiger partial charge in [-0.25, -0.2) is 4.79 Å². The molecule has 0 aromatic heterocycles. The molecule has 0 bridgehead atoms. The van der Waals surface area contributed by atoms with Gasteiger partial charge >= 0.3 is 6.09 Å². The number of carbonyl (C=O) groups is 3. The Hall–Kier alpha value is -2.22. The third kappa shape index (κ3) is 8.53. The first-order chi connectivity index (χ1) is 15.7. The molecule has 0 saturated heterocycles. The maximum Gasteiger partial charge on any atom is 0.408 e. The zero-order chi connectivity index (χ0) is 25.7. The molecular formula is C26H41N3O4S. The van der Waals surface area contributed by atoms with E-state index in [4.69, 9.17) is 4.74 Å². The third-order valence-electron chi connectivity index (χ3n) is 5.30. The van der Waals surface area contributed by atoms with Crippen LogP contribution in [0.2, 0.25) is 0 Å². The van der Waals surface area contributed by atoms with Crippen molar-refractivity contribution in [3.63, 3.8) is 0 Å². The minimum Gasteiger partial charge on any atom is -0.444 e. The number of rotatable bonds is 9. The highest BCUT2D eigenvalue weighted by atomic mass is 32.2. The van der Waals surface area contributed by atoms with Crippen molar-refractivity contribution in [1.82, 2.24) is 15.5 Å². The van der Waals surface area contributed by atoms with Crippen LogP contribution in [0.1, 0.15) is 78.0 Å². The van der Waals surface area contributed by atoms with Crippen LogP contribution in [-0.2, 0) is 14.3 Å². The van der Waals surface area contributed by atoms with Crippen molar-refractivity contribution >= 4 is 29.7 Å². The first-order valence-electron chi connectivity index (χ1n) is 11.9. The first-order valence-corrected chi connectivity index (χ1v) is 13.3. The van der Waals surface area contributed by atoms with Crippen molar-refractivity contribution in [3.8, 4) is 0 Å². The predicted octanol–water partition coefficient (Wildman–Crippen LogP) is 4.59. The number of hydrogen-bond donors (Lipinski definition) is 2. The van der Waals surface area contributed by atoms with E-state index < -0.39 is 29.3 Å². The highest BCUT2D eigenvalue weighted by Gasteiger charge is 2.44. The summed E-state index contributed by atoms with van der Waals surface area (Å²) in [7, 11) is 0. The molecule has 34 heavy (non-hydrogen) atoms. The zero-order valence-electron chi connectivity index (χ0n) is 21.9. The molecular weight excluding hydrogens is 450 g/mol. The molecule has 8 heteroatoms. The summed E-state index contributed by atoms with van der Waals surface area (Å²) >= 11 is 1.60. The Morgan fingerprint density at radius 3 is 2.24 bits per heavy atom. The Labute approximate surface area is 208 Å². The van der Waals surface area contributed by atoms with Gasteiger partial charge in [-0.2, -0.15) is 11.8 Å². The van der Waals surface area contributed by atoms with Crippen LogP contribution in [0.15, 0.2) is 24.3 Å². The number of thioether (sulfide) groups is 1. The highest BCUT2D eigenvalue weighted by molar-refractivity contribution is 7.98. The van der Waals surface area contributed by atoms with E-state index in [0.29, 0.717) is 12.2 Å². The van der Waals surface area contributed by atoms with E-state index in [0.717, 1.165) is 24.0 Å². The van der Waals surface area contributed by atoms with Gasteiger partial charge in [-0.05, 0) is 90.9 Å². The molecule has 0 radical (unpaired) electrons. The van der Waals surface area contributed by atoms with E-state index in [1.165, 1.54) is 0 Å². The molecule has 1 saturated carbocycles. The van der Waals surface area contributed by atoms with Crippen LogP contribution in [-0.4, -0.2) is 58.0 Å². The number of alkyl carbamates (subject to hydrolysis) is 1. The van der Waals surface area contributed by atoms with Gasteiger partial charge in [0, 0.05) is 11.6 Å². The first kappa shape index (κ1) is 28.0. The number of carbonyl (C=O) groups excluding carboxylic acids is 3. The Morgan fingerprint density at radius 2 is 1.74 bits per heavy atom. The van der Waals surface area contributed by atoms with Crippen molar-refractivity contribution in [2.45, 2.75) is 97.0 Å². The van der Waals surface area contributed by atoms with E-state index in [1.54, 1.807) is 37.4 Å². The fourth-order valence-electron chi connectivity index (χ4n) is 3.74. The van der Waals surface area contributed by atoms with Gasteiger partial charge in [-0.3, -0.25) is 9.59 Å². The summed E-state index contributed by atoms with van der Waals surface area (Å²) in [6, 6.07) is 6.07. The molecule has 190 valence electrons. The van der Waals surface area contributed by atoms with Crippen molar-refractivity contribution in [2.75, 3.05) is 12.0 Å². The number of amides is 3. The molecule has 0 aliphatic heterocycles. The Morgan fingerprint density at radius 1 is 1.12 bits per heavy atom. The van der Waals surface area contributed by atoms with E-state index in [9.17, 15) is 14.4 Å². The minimum atomic E-state index is -0.781. The summed E-state index contributed by atoms with van der Waals surface area (Å²) in [5, 5.41) is 5.85. The van der Waals surface area contributed by atoms with Crippen LogP contribution in [0.25, 0.3) is 0 Å². The molecule has 0 heterocycles. The lowest BCUT2D eigenvalue weighted by atomic mass is 9.96. The monoisotopic (exact) mass is 491 g/mol. The molecule has 1 fully saturated rings. The average molecular weight is 492 g/mol. The summed E-state index contributed by atoms with van der Waals surface area (Å²) in [4.78, 5) is 41.9. The normalized spacial score (nSPS) is 15.8. The van der Waals surface area contributed by atoms with Gasteiger partial charge in [0.25, 0.3) is 0 Å². The third-order valence-corrected chi connectivity index (χ3v) is 5.95. The molecule has 3 amide bonds. The number of hydrogen-bond acceptors (Lipinski definition) is 5. The average Bonchev–Trinajstić information content (AvgIpc) is 3.51. The lowest BCUT2D eigenvalue weighted by Gasteiger charge is -2.36. The fraction of sp³-hybridized carbons (Fsp3) is 0.654. The number of ether oxygens (including phenoxy) is 1. The lowest BCUT2D eigenvalue weighted by molar-refractivity contribution is -0.143. The molecule has 1 aliphatic carbocycles. The van der Waals surface area contributed by atoms with Crippen molar-refractivity contribution in [1.29, 1.82) is 0 Å². The molecule has 1 aliphatic rings. The largest absolute Gasteiger partial charge is 0.444 e. The minimum absolute atomic E-state index is 0.0416. The number of benzene rings is 1. The number of nitrogens with zero attached hydrogens (tertiary/aromatic N) is 1. The number of aryl methyl sites for hydroxylation is 1. The highest BCUT2D eigenvalue weighted by Crippen LogP contribution is 2.37. The number of nitrogens with one attached hydrogen (secondary N) is 2. The maximum atomic E-state index is 14.0. The SMILES string of the molecule is CSCCC(NC(=O)OC(C)(C)C)C(=O)N(C1CC1)C(C(=O)NC(C)(C)C)c1ccccc1C. The van der Waals surface area contributed by atoms with Gasteiger partial charge in [0.05, 0.1) is 0 Å². The van der Waals surface area contributed by atoms with Crippen LogP contribution < -0.4 is 10.6 Å². The van der Waals surface area contributed by atoms with Crippen molar-refractivity contribution < 1.29 is 19.1 Å². The van der Waals surface area contributed by atoms with E-state index >= 15 is 0 Å². The maximum absolute atomic E-state index is 14.0. The fourth-order valence-corrected chi connectivity index (χ4v) is 4.21. The second kappa shape index (κ2) is 11.5. The van der Waals surface area contributed by atoms with Gasteiger partial charge in [0.2, 0.25) is 11.8 Å². The van der Waals surface area contributed by atoms with Crippen LogP contribution >= 0.6 is 11.8 Å². The van der Waals surface area contributed by atoms with Crippen molar-refractivity contribution in [2.24, 2.45) is 0 Å². The Kier molecular flexibility index (Phi) is 9.45. The summed E-state index contributed by atoms with van der Waals surface area (Å²) in [6.07, 6.45) is 3.44. The van der Waals surface area contributed by atoms with Crippen LogP contribution in [0, 0.1) is 6.92 Å². The molecule has 1 aromatic carbocycles. The second-order valence-corrected chi connectivity index (χ2v) is 11.9. The van der Waals surface area contributed by atoms with Gasteiger partial charge in [0.1, 0.15) is 17.7 Å². The predicted molar refractivity (Wildman–Crippen MR) is 138 cm³/mol. The quantitative estimate of drug-likeness (QED) is 0.528. The molecule has 2 N–H and O–H groups in total. The summed E-state index contributed by atoms with van der Waals surface area (Å²) in [5.74, 6) is 0.219. The molecule has 2 rings (SSSR count). The van der Waals surface area contributed by atoms with Gasteiger partial charge in [0.15, 0.2) is 0 Å². The summed E-state index contributed by atoms with van der Waals surface area (Å²) in [6.45, 7) is 13.1. The summed E-state index contributed by atoms with van der Waals surface area (Å²) in [5.41, 5.74) is 0.605. The van der Waals surface area contributed by atoms with Crippen molar-refractivity contribution in [3.05, 3.63) is 35.4 Å². The molecule has 2 unspecified atom stereocenters. The molecule has 1 aromatic rings. The van der Waals surface area contributed by atoms with E-state index in [1.807, 2.05) is 58.2 Å².